The second-order valence-electron chi connectivity index (χ2n) is 5.15. The maximum absolute atomic E-state index is 11.9. The Morgan fingerprint density at radius 1 is 1.25 bits per heavy atom. The van der Waals surface area contributed by atoms with E-state index in [1.807, 2.05) is 18.2 Å². The van der Waals surface area contributed by atoms with Gasteiger partial charge in [0, 0.05) is 30.1 Å². The number of para-hydroxylation sites is 1. The number of hydrogen-bond donors (Lipinski definition) is 2. The Balaban J connectivity index is 1.61. The molecule has 7 nitrogen and oxygen atoms in total. The second-order valence-corrected chi connectivity index (χ2v) is 5.15. The van der Waals surface area contributed by atoms with Crippen LogP contribution in [0, 0.1) is 10.1 Å². The highest BCUT2D eigenvalue weighted by molar-refractivity contribution is 5.92. The number of carbonyl (C=O) groups excluding carboxylic acids is 1. The van der Waals surface area contributed by atoms with Gasteiger partial charge < -0.3 is 5.32 Å². The minimum Gasteiger partial charge on any atom is -0.348 e. The van der Waals surface area contributed by atoms with E-state index in [0.29, 0.717) is 12.1 Å². The van der Waals surface area contributed by atoms with Gasteiger partial charge in [-0.1, -0.05) is 18.2 Å². The average Bonchev–Trinajstić information content (AvgIpc) is 3.07. The van der Waals surface area contributed by atoms with Crippen LogP contribution in [0.2, 0.25) is 0 Å². The maximum atomic E-state index is 11.9. The number of nitro groups is 1. The topological polar surface area (TPSA) is 101 Å². The van der Waals surface area contributed by atoms with Gasteiger partial charge in [-0.25, -0.2) is 0 Å². The van der Waals surface area contributed by atoms with E-state index >= 15 is 0 Å². The normalized spacial score (nSPS) is 11.0. The van der Waals surface area contributed by atoms with Gasteiger partial charge in [0.05, 0.1) is 16.6 Å². The molecule has 7 heteroatoms. The van der Waals surface area contributed by atoms with Crippen molar-refractivity contribution in [2.24, 2.45) is 0 Å². The van der Waals surface area contributed by atoms with Crippen LogP contribution in [0.4, 0.5) is 5.69 Å². The molecule has 3 aromatic rings. The summed E-state index contributed by atoms with van der Waals surface area (Å²) < 4.78 is 0. The van der Waals surface area contributed by atoms with Crippen LogP contribution in [0.25, 0.3) is 17.0 Å². The van der Waals surface area contributed by atoms with E-state index in [2.05, 4.69) is 15.5 Å². The molecule has 120 valence electrons. The summed E-state index contributed by atoms with van der Waals surface area (Å²) in [5, 5.41) is 21.3. The van der Waals surface area contributed by atoms with Crippen molar-refractivity contribution in [2.45, 2.75) is 6.54 Å². The third kappa shape index (κ3) is 3.46. The van der Waals surface area contributed by atoms with Crippen LogP contribution in [0.15, 0.2) is 54.7 Å². The molecule has 0 unspecified atom stereocenters. The van der Waals surface area contributed by atoms with Gasteiger partial charge in [-0.2, -0.15) is 5.10 Å². The number of nitro benzene ring substituents is 1. The monoisotopic (exact) mass is 322 g/mol. The Morgan fingerprint density at radius 2 is 2.04 bits per heavy atom. The highest BCUT2D eigenvalue weighted by Gasteiger charge is 2.04. The van der Waals surface area contributed by atoms with E-state index < -0.39 is 4.92 Å². The van der Waals surface area contributed by atoms with E-state index in [1.54, 1.807) is 24.4 Å². The lowest BCUT2D eigenvalue weighted by molar-refractivity contribution is -0.384. The Kier molecular flexibility index (Phi) is 4.33. The van der Waals surface area contributed by atoms with Gasteiger partial charge >= 0.3 is 0 Å². The number of carbonyl (C=O) groups is 1. The molecule has 0 bridgehead atoms. The molecule has 3 rings (SSSR count). The molecule has 24 heavy (non-hydrogen) atoms. The number of aromatic amines is 1. The molecule has 0 radical (unpaired) electrons. The van der Waals surface area contributed by atoms with Gasteiger partial charge in [0.25, 0.3) is 5.69 Å². The quantitative estimate of drug-likeness (QED) is 0.428. The van der Waals surface area contributed by atoms with Gasteiger partial charge in [0.2, 0.25) is 5.91 Å². The van der Waals surface area contributed by atoms with E-state index in [-0.39, 0.29) is 11.6 Å². The van der Waals surface area contributed by atoms with E-state index in [9.17, 15) is 14.9 Å². The molecule has 1 amide bonds. The van der Waals surface area contributed by atoms with Gasteiger partial charge in [-0.15, -0.1) is 0 Å². The fourth-order valence-electron chi connectivity index (χ4n) is 2.30. The van der Waals surface area contributed by atoms with E-state index in [4.69, 9.17) is 0 Å². The van der Waals surface area contributed by atoms with Crippen molar-refractivity contribution in [3.05, 3.63) is 76.0 Å². The van der Waals surface area contributed by atoms with Gasteiger partial charge in [0.15, 0.2) is 0 Å². The number of rotatable bonds is 5. The minimum atomic E-state index is -0.462. The van der Waals surface area contributed by atoms with E-state index in [1.165, 1.54) is 18.2 Å². The van der Waals surface area contributed by atoms with Crippen LogP contribution in [0.1, 0.15) is 11.1 Å². The molecule has 0 atom stereocenters. The van der Waals surface area contributed by atoms with Crippen molar-refractivity contribution in [3.8, 4) is 0 Å². The van der Waals surface area contributed by atoms with Crippen LogP contribution >= 0.6 is 0 Å². The number of non-ortho nitro benzene ring substituents is 1. The Morgan fingerprint density at radius 3 is 2.79 bits per heavy atom. The molecule has 1 heterocycles. The molecule has 0 fully saturated rings. The predicted octanol–water partition coefficient (Wildman–Crippen LogP) is 2.80. The standard InChI is InChI=1S/C17H14N4O3/c22-16(9-6-12-4-7-15(8-5-12)21(23)24)18-10-13-2-1-3-14-11-19-20-17(13)14/h1-9,11H,10H2,(H,18,22)(H,19,20)/b9-6+. The van der Waals surface area contributed by atoms with Gasteiger partial charge in [-0.05, 0) is 29.3 Å². The minimum absolute atomic E-state index is 0.0178. The molecule has 0 saturated heterocycles. The molecule has 2 N–H and O–H groups in total. The SMILES string of the molecule is O=C(/C=C/c1ccc([N+](=O)[O-])cc1)NCc1cccc2cn[nH]c12. The number of benzene rings is 2. The zero-order chi connectivity index (χ0) is 16.9. The Bertz CT molecular complexity index is 913. The molecule has 2 aromatic carbocycles. The van der Waals surface area contributed by atoms with Crippen molar-refractivity contribution in [1.82, 2.24) is 15.5 Å². The zero-order valence-corrected chi connectivity index (χ0v) is 12.6. The lowest BCUT2D eigenvalue weighted by Crippen LogP contribution is -2.20. The highest BCUT2D eigenvalue weighted by Crippen LogP contribution is 2.15. The lowest BCUT2D eigenvalue weighted by Gasteiger charge is -2.03. The van der Waals surface area contributed by atoms with Crippen molar-refractivity contribution in [2.75, 3.05) is 0 Å². The van der Waals surface area contributed by atoms with Crippen molar-refractivity contribution < 1.29 is 9.72 Å². The fourth-order valence-corrected chi connectivity index (χ4v) is 2.30. The van der Waals surface area contributed by atoms with Crippen LogP contribution in [-0.2, 0) is 11.3 Å². The zero-order valence-electron chi connectivity index (χ0n) is 12.6. The first-order valence-corrected chi connectivity index (χ1v) is 7.25. The number of aromatic nitrogens is 2. The summed E-state index contributed by atoms with van der Waals surface area (Å²) in [5.41, 5.74) is 2.58. The fraction of sp³-hybridized carbons (Fsp3) is 0.0588. The third-order valence-corrected chi connectivity index (χ3v) is 3.55. The molecule has 0 spiro atoms. The lowest BCUT2D eigenvalue weighted by atomic mass is 10.1. The Hall–Kier alpha value is -3.48. The first kappa shape index (κ1) is 15.4. The summed E-state index contributed by atoms with van der Waals surface area (Å²) in [6.07, 6.45) is 4.74. The Labute approximate surface area is 137 Å². The molecular formula is C17H14N4O3. The van der Waals surface area contributed by atoms with Gasteiger partial charge in [0.1, 0.15) is 0 Å². The largest absolute Gasteiger partial charge is 0.348 e. The molecule has 0 aliphatic heterocycles. The van der Waals surface area contributed by atoms with Gasteiger partial charge in [-0.3, -0.25) is 20.0 Å². The molecule has 0 aliphatic carbocycles. The van der Waals surface area contributed by atoms with Crippen LogP contribution in [0.3, 0.4) is 0 Å². The smallest absolute Gasteiger partial charge is 0.269 e. The highest BCUT2D eigenvalue weighted by atomic mass is 16.6. The summed E-state index contributed by atoms with van der Waals surface area (Å²) in [5.74, 6) is -0.245. The number of amides is 1. The summed E-state index contributed by atoms with van der Waals surface area (Å²) in [6.45, 7) is 0.378. The summed E-state index contributed by atoms with van der Waals surface area (Å²) in [4.78, 5) is 22.0. The average molecular weight is 322 g/mol. The number of H-pyrrole nitrogens is 1. The van der Waals surface area contributed by atoms with Crippen molar-refractivity contribution in [3.63, 3.8) is 0 Å². The number of nitrogens with zero attached hydrogens (tertiary/aromatic N) is 2. The predicted molar refractivity (Wildman–Crippen MR) is 90.1 cm³/mol. The molecule has 1 aromatic heterocycles. The summed E-state index contributed by atoms with van der Waals surface area (Å²) in [6, 6.07) is 11.7. The van der Waals surface area contributed by atoms with Crippen LogP contribution in [-0.4, -0.2) is 21.0 Å². The van der Waals surface area contributed by atoms with Crippen LogP contribution < -0.4 is 5.32 Å². The molecule has 0 saturated carbocycles. The first-order chi connectivity index (χ1) is 11.6. The first-order valence-electron chi connectivity index (χ1n) is 7.25. The van der Waals surface area contributed by atoms with Crippen molar-refractivity contribution in [1.29, 1.82) is 0 Å². The number of fused-ring (bicyclic) bond motifs is 1. The summed E-state index contributed by atoms with van der Waals surface area (Å²) >= 11 is 0. The molecular weight excluding hydrogens is 308 g/mol. The number of hydrogen-bond acceptors (Lipinski definition) is 4. The summed E-state index contributed by atoms with van der Waals surface area (Å²) in [7, 11) is 0. The van der Waals surface area contributed by atoms with Crippen LogP contribution in [0.5, 0.6) is 0 Å². The van der Waals surface area contributed by atoms with E-state index in [0.717, 1.165) is 16.5 Å². The second kappa shape index (κ2) is 6.74. The third-order valence-electron chi connectivity index (χ3n) is 3.55. The molecule has 0 aliphatic rings. The van der Waals surface area contributed by atoms with Crippen molar-refractivity contribution >= 4 is 28.6 Å². The number of nitrogens with one attached hydrogen (secondary N) is 2. The maximum Gasteiger partial charge on any atom is 0.269 e.